The van der Waals surface area contributed by atoms with E-state index in [1.165, 1.54) is 0 Å². The van der Waals surface area contributed by atoms with Crippen LogP contribution in [0.5, 0.6) is 0 Å². The van der Waals surface area contributed by atoms with Gasteiger partial charge in [0.05, 0.1) is 0 Å². The molecule has 0 amide bonds. The quantitative estimate of drug-likeness (QED) is 0.599. The number of hydrogen-bond acceptors (Lipinski definition) is 2. The topological polar surface area (TPSA) is 30.2 Å². The number of aromatic nitrogens is 1. The van der Waals surface area contributed by atoms with Gasteiger partial charge < -0.3 is 0 Å². The molecule has 0 saturated carbocycles. The third-order valence-corrected chi connectivity index (χ3v) is 1.53. The van der Waals surface area contributed by atoms with Gasteiger partial charge in [0.2, 0.25) is 12.4 Å². The molecule has 0 saturated heterocycles. The van der Waals surface area contributed by atoms with Crippen LogP contribution in [0.2, 0.25) is 0 Å². The van der Waals surface area contributed by atoms with Gasteiger partial charge in [-0.2, -0.15) is 0 Å². The Labute approximate surface area is 71.5 Å². The normalized spacial score (nSPS) is 9.50. The molecule has 1 aromatic heterocycles. The predicted molar refractivity (Wildman–Crippen MR) is 43.5 cm³/mol. The second-order valence-corrected chi connectivity index (χ2v) is 2.63. The molecular formula is C9H12NO2+. The number of pyridine rings is 1. The van der Waals surface area contributed by atoms with Gasteiger partial charge in [-0.15, -0.1) is 0 Å². The van der Waals surface area contributed by atoms with Gasteiger partial charge in [-0.3, -0.25) is 9.63 Å². The first kappa shape index (κ1) is 8.71. The van der Waals surface area contributed by atoms with Gasteiger partial charge in [0.15, 0.2) is 0 Å². The van der Waals surface area contributed by atoms with Crippen LogP contribution in [0.4, 0.5) is 0 Å². The minimum Gasteiger partial charge on any atom is -0.300 e. The molecule has 3 heteroatoms. The van der Waals surface area contributed by atoms with Crippen LogP contribution in [0.15, 0.2) is 24.5 Å². The highest BCUT2D eigenvalue weighted by atomic mass is 16.6. The molecular weight excluding hydrogens is 154 g/mol. The Balaban J connectivity index is 2.71. The molecule has 3 nitrogen and oxygen atoms in total. The van der Waals surface area contributed by atoms with Crippen molar-refractivity contribution in [2.45, 2.75) is 13.3 Å². The Bertz CT molecular complexity index is 266. The number of ketones is 1. The Morgan fingerprint density at radius 3 is 2.50 bits per heavy atom. The summed E-state index contributed by atoms with van der Waals surface area (Å²) in [5.41, 5.74) is 1.01. The Hall–Kier alpha value is -1.38. The van der Waals surface area contributed by atoms with E-state index in [0.29, 0.717) is 6.42 Å². The number of carbonyl (C=O) groups is 1. The summed E-state index contributed by atoms with van der Waals surface area (Å²) in [5.74, 6) is 0.171. The van der Waals surface area contributed by atoms with Crippen molar-refractivity contribution in [3.63, 3.8) is 0 Å². The van der Waals surface area contributed by atoms with E-state index in [1.807, 2.05) is 12.1 Å². The molecule has 1 heterocycles. The Morgan fingerprint density at radius 1 is 1.50 bits per heavy atom. The highest BCUT2D eigenvalue weighted by Gasteiger charge is 2.01. The molecule has 0 aliphatic carbocycles. The van der Waals surface area contributed by atoms with Crippen LogP contribution in [0.1, 0.15) is 12.5 Å². The minimum atomic E-state index is 0.171. The zero-order valence-corrected chi connectivity index (χ0v) is 7.28. The Morgan fingerprint density at radius 2 is 2.08 bits per heavy atom. The zero-order chi connectivity index (χ0) is 8.97. The SMILES string of the molecule is CO[n+]1ccc(CC(C)=O)cc1. The minimum absolute atomic E-state index is 0.171. The number of Topliss-reactive ketones (excluding diaryl/α,β-unsaturated/α-hetero) is 1. The highest BCUT2D eigenvalue weighted by Crippen LogP contribution is 1.96. The molecule has 0 aliphatic rings. The molecule has 0 N–H and O–H groups in total. The number of rotatable bonds is 3. The van der Waals surface area contributed by atoms with Crippen molar-refractivity contribution in [3.8, 4) is 0 Å². The van der Waals surface area contributed by atoms with Crippen LogP contribution in [-0.4, -0.2) is 12.9 Å². The zero-order valence-electron chi connectivity index (χ0n) is 7.28. The fourth-order valence-electron chi connectivity index (χ4n) is 0.971. The molecule has 0 bridgehead atoms. The van der Waals surface area contributed by atoms with Gasteiger partial charge in [0, 0.05) is 23.3 Å². The van der Waals surface area contributed by atoms with E-state index in [0.717, 1.165) is 5.56 Å². The van der Waals surface area contributed by atoms with Crippen molar-refractivity contribution >= 4 is 5.78 Å². The second-order valence-electron chi connectivity index (χ2n) is 2.63. The molecule has 12 heavy (non-hydrogen) atoms. The predicted octanol–water partition coefficient (Wildman–Crippen LogP) is 0.164. The van der Waals surface area contributed by atoms with Crippen LogP contribution in [0.25, 0.3) is 0 Å². The molecule has 0 radical (unpaired) electrons. The maximum Gasteiger partial charge on any atom is 0.222 e. The third-order valence-electron chi connectivity index (χ3n) is 1.53. The van der Waals surface area contributed by atoms with Crippen molar-refractivity contribution < 1.29 is 14.4 Å². The van der Waals surface area contributed by atoms with E-state index in [4.69, 9.17) is 4.84 Å². The molecule has 0 unspecified atom stereocenters. The van der Waals surface area contributed by atoms with Gasteiger partial charge in [0.1, 0.15) is 12.9 Å². The van der Waals surface area contributed by atoms with Gasteiger partial charge in [-0.05, 0) is 12.5 Å². The smallest absolute Gasteiger partial charge is 0.222 e. The lowest BCUT2D eigenvalue weighted by atomic mass is 10.1. The van der Waals surface area contributed by atoms with E-state index in [-0.39, 0.29) is 5.78 Å². The molecule has 1 aromatic rings. The van der Waals surface area contributed by atoms with E-state index < -0.39 is 0 Å². The summed E-state index contributed by atoms with van der Waals surface area (Å²) in [6, 6.07) is 3.73. The standard InChI is InChI=1S/C9H12NO2/c1-8(11)7-9-3-5-10(12-2)6-4-9/h3-6H,7H2,1-2H3/q+1. The molecule has 1 rings (SSSR count). The van der Waals surface area contributed by atoms with Crippen molar-refractivity contribution in [1.29, 1.82) is 0 Å². The van der Waals surface area contributed by atoms with Gasteiger partial charge >= 0.3 is 0 Å². The fraction of sp³-hybridized carbons (Fsp3) is 0.333. The van der Waals surface area contributed by atoms with Gasteiger partial charge in [-0.25, -0.2) is 0 Å². The maximum absolute atomic E-state index is 10.7. The lowest BCUT2D eigenvalue weighted by Gasteiger charge is -1.94. The summed E-state index contributed by atoms with van der Waals surface area (Å²) >= 11 is 0. The second kappa shape index (κ2) is 3.85. The molecule has 64 valence electrons. The van der Waals surface area contributed by atoms with E-state index in [9.17, 15) is 4.79 Å². The van der Waals surface area contributed by atoms with Crippen LogP contribution >= 0.6 is 0 Å². The third kappa shape index (κ3) is 2.34. The molecule has 0 fully saturated rings. The summed E-state index contributed by atoms with van der Waals surface area (Å²) in [4.78, 5) is 15.6. The van der Waals surface area contributed by atoms with E-state index in [1.54, 1.807) is 31.2 Å². The summed E-state index contributed by atoms with van der Waals surface area (Å²) < 4.78 is 1.57. The highest BCUT2D eigenvalue weighted by molar-refractivity contribution is 5.77. The summed E-state index contributed by atoms with van der Waals surface area (Å²) in [6.45, 7) is 1.58. The van der Waals surface area contributed by atoms with E-state index in [2.05, 4.69) is 0 Å². The van der Waals surface area contributed by atoms with Crippen LogP contribution in [0, 0.1) is 0 Å². The lowest BCUT2D eigenvalue weighted by Crippen LogP contribution is -2.39. The summed E-state index contributed by atoms with van der Waals surface area (Å²) in [5, 5.41) is 0. The average molecular weight is 166 g/mol. The van der Waals surface area contributed by atoms with Crippen molar-refractivity contribution in [2.24, 2.45) is 0 Å². The summed E-state index contributed by atoms with van der Waals surface area (Å²) in [7, 11) is 1.59. The van der Waals surface area contributed by atoms with Crippen molar-refractivity contribution in [1.82, 2.24) is 0 Å². The fourth-order valence-corrected chi connectivity index (χ4v) is 0.971. The largest absolute Gasteiger partial charge is 0.300 e. The maximum atomic E-state index is 10.7. The molecule has 0 aliphatic heterocycles. The monoisotopic (exact) mass is 166 g/mol. The van der Waals surface area contributed by atoms with Crippen LogP contribution in [-0.2, 0) is 11.2 Å². The summed E-state index contributed by atoms with van der Waals surface area (Å²) in [6.07, 6.45) is 4.04. The number of nitrogens with zero attached hydrogens (tertiary/aromatic N) is 1. The molecule has 0 spiro atoms. The first-order chi connectivity index (χ1) is 5.72. The van der Waals surface area contributed by atoms with Gasteiger partial charge in [-0.1, -0.05) is 0 Å². The molecule has 0 aromatic carbocycles. The first-order valence-electron chi connectivity index (χ1n) is 3.76. The lowest BCUT2D eigenvalue weighted by molar-refractivity contribution is -0.885. The number of hydrogen-bond donors (Lipinski definition) is 0. The first-order valence-corrected chi connectivity index (χ1v) is 3.76. The van der Waals surface area contributed by atoms with E-state index >= 15 is 0 Å². The average Bonchev–Trinajstić information content (AvgIpc) is 2.05. The molecule has 0 atom stereocenters. The van der Waals surface area contributed by atoms with Crippen molar-refractivity contribution in [3.05, 3.63) is 30.1 Å². The van der Waals surface area contributed by atoms with Crippen LogP contribution < -0.4 is 9.57 Å². The number of carbonyl (C=O) groups excluding carboxylic acids is 1. The Kier molecular flexibility index (Phi) is 2.80. The van der Waals surface area contributed by atoms with Gasteiger partial charge in [0.25, 0.3) is 0 Å². The van der Waals surface area contributed by atoms with Crippen molar-refractivity contribution in [2.75, 3.05) is 7.11 Å². The van der Waals surface area contributed by atoms with Crippen LogP contribution in [0.3, 0.4) is 0 Å².